The molecule has 100 valence electrons. The Morgan fingerprint density at radius 1 is 1.47 bits per heavy atom. The summed E-state index contributed by atoms with van der Waals surface area (Å²) in [6.45, 7) is -0.343. The molecule has 0 aromatic heterocycles. The van der Waals surface area contributed by atoms with Crippen molar-refractivity contribution in [3.05, 3.63) is 26.9 Å². The molecule has 1 aromatic carbocycles. The number of benzene rings is 1. The van der Waals surface area contributed by atoms with Crippen LogP contribution < -0.4 is 4.90 Å². The van der Waals surface area contributed by atoms with Crippen LogP contribution in [-0.2, 0) is 9.59 Å². The number of Topliss-reactive ketones (excluding diaryl/α,β-unsaturated/α-hetero) is 1. The maximum Gasteiger partial charge on any atom is 0.337 e. The maximum absolute atomic E-state index is 14.1. The van der Waals surface area contributed by atoms with Gasteiger partial charge in [0.05, 0.1) is 33.7 Å². The fraction of sp³-hybridized carbons (Fsp3) is 0.182. The van der Waals surface area contributed by atoms with Crippen molar-refractivity contribution in [2.24, 2.45) is 0 Å². The molecule has 0 unspecified atom stereocenters. The van der Waals surface area contributed by atoms with Crippen molar-refractivity contribution in [1.82, 2.24) is 0 Å². The third kappa shape index (κ3) is 2.35. The Bertz CT molecular complexity index is 619. The molecule has 0 saturated carbocycles. The Morgan fingerprint density at radius 3 is 2.58 bits per heavy atom. The first-order valence-electron chi connectivity index (χ1n) is 5.05. The number of hydrogen-bond acceptors (Lipinski definition) is 3. The summed E-state index contributed by atoms with van der Waals surface area (Å²) in [5.74, 6) is -3.45. The number of carbonyl (C=O) groups excluding carboxylic acids is 2. The summed E-state index contributed by atoms with van der Waals surface area (Å²) in [6, 6.07) is 1.03. The monoisotopic (exact) mass is 349 g/mol. The van der Waals surface area contributed by atoms with Gasteiger partial charge in [-0.3, -0.25) is 9.59 Å². The molecule has 1 saturated heterocycles. The molecular weight excluding hydrogens is 344 g/mol. The Morgan fingerprint density at radius 2 is 2.11 bits per heavy atom. The van der Waals surface area contributed by atoms with Gasteiger partial charge in [0, 0.05) is 0 Å². The molecule has 5 nitrogen and oxygen atoms in total. The summed E-state index contributed by atoms with van der Waals surface area (Å²) < 4.78 is 14.0. The number of halogens is 3. The lowest BCUT2D eigenvalue weighted by atomic mass is 10.1. The molecule has 1 aliphatic heterocycles. The minimum absolute atomic E-state index is 0.128. The van der Waals surface area contributed by atoms with Crippen LogP contribution in [0.25, 0.3) is 0 Å². The van der Waals surface area contributed by atoms with E-state index in [1.807, 2.05) is 0 Å². The van der Waals surface area contributed by atoms with Gasteiger partial charge in [-0.1, -0.05) is 11.6 Å². The van der Waals surface area contributed by atoms with E-state index in [2.05, 4.69) is 15.9 Å². The largest absolute Gasteiger partial charge is 0.478 e. The van der Waals surface area contributed by atoms with Gasteiger partial charge in [0.25, 0.3) is 0 Å². The van der Waals surface area contributed by atoms with E-state index in [1.165, 1.54) is 0 Å². The minimum atomic E-state index is -1.43. The van der Waals surface area contributed by atoms with Gasteiger partial charge < -0.3 is 10.0 Å². The zero-order valence-corrected chi connectivity index (χ0v) is 11.6. The first kappa shape index (κ1) is 14.0. The number of ketones is 1. The Balaban J connectivity index is 2.68. The van der Waals surface area contributed by atoms with Gasteiger partial charge in [-0.25, -0.2) is 9.18 Å². The quantitative estimate of drug-likeness (QED) is 0.656. The van der Waals surface area contributed by atoms with Crippen LogP contribution in [0.2, 0.25) is 5.02 Å². The van der Waals surface area contributed by atoms with Crippen LogP contribution in [0.3, 0.4) is 0 Å². The highest BCUT2D eigenvalue weighted by molar-refractivity contribution is 9.10. The van der Waals surface area contributed by atoms with Gasteiger partial charge >= 0.3 is 5.97 Å². The van der Waals surface area contributed by atoms with Crippen molar-refractivity contribution in [3.8, 4) is 0 Å². The molecule has 1 N–H and O–H groups in total. The van der Waals surface area contributed by atoms with Gasteiger partial charge in [0.15, 0.2) is 11.6 Å². The van der Waals surface area contributed by atoms with Gasteiger partial charge in [-0.2, -0.15) is 0 Å². The molecule has 1 fully saturated rings. The molecule has 0 spiro atoms. The molecule has 0 bridgehead atoms. The third-order valence-electron chi connectivity index (χ3n) is 2.62. The van der Waals surface area contributed by atoms with Crippen LogP contribution in [0, 0.1) is 5.82 Å². The molecule has 1 amide bonds. The average Bonchev–Trinajstić information content (AvgIpc) is 2.64. The van der Waals surface area contributed by atoms with Gasteiger partial charge in [0.2, 0.25) is 5.91 Å². The highest BCUT2D eigenvalue weighted by atomic mass is 79.9. The van der Waals surface area contributed by atoms with Crippen LogP contribution in [0.5, 0.6) is 0 Å². The normalized spacial score (nSPS) is 15.2. The smallest absolute Gasteiger partial charge is 0.337 e. The van der Waals surface area contributed by atoms with E-state index in [-0.39, 0.29) is 22.5 Å². The summed E-state index contributed by atoms with van der Waals surface area (Å²) in [6.07, 6.45) is -0.362. The number of aromatic carboxylic acids is 1. The molecule has 0 aliphatic carbocycles. The Labute approximate surface area is 120 Å². The summed E-state index contributed by atoms with van der Waals surface area (Å²) in [5, 5.41) is 8.93. The molecule has 19 heavy (non-hydrogen) atoms. The van der Waals surface area contributed by atoms with E-state index >= 15 is 0 Å². The number of carboxylic acids is 1. The summed E-state index contributed by atoms with van der Waals surface area (Å²) in [5.41, 5.74) is -0.909. The van der Waals surface area contributed by atoms with Crippen molar-refractivity contribution in [1.29, 1.82) is 0 Å². The maximum atomic E-state index is 14.1. The summed E-state index contributed by atoms with van der Waals surface area (Å²) >= 11 is 8.56. The van der Waals surface area contributed by atoms with E-state index < -0.39 is 34.7 Å². The first-order valence-corrected chi connectivity index (χ1v) is 6.23. The first-order chi connectivity index (χ1) is 8.82. The second-order valence-corrected chi connectivity index (χ2v) is 5.08. The van der Waals surface area contributed by atoms with Gasteiger partial charge in [0.1, 0.15) is 0 Å². The van der Waals surface area contributed by atoms with Gasteiger partial charge in [-0.15, -0.1) is 0 Å². The number of anilines is 1. The number of carboxylic acid groups (broad SMARTS) is 1. The van der Waals surface area contributed by atoms with E-state index in [0.717, 1.165) is 11.0 Å². The number of nitrogens with zero attached hydrogens (tertiary/aromatic N) is 1. The number of hydrogen-bond donors (Lipinski definition) is 1. The molecule has 1 aliphatic rings. The number of rotatable bonds is 2. The second-order valence-electron chi connectivity index (χ2n) is 3.88. The summed E-state index contributed by atoms with van der Waals surface area (Å²) in [7, 11) is 0. The van der Waals surface area contributed by atoms with E-state index in [4.69, 9.17) is 16.7 Å². The van der Waals surface area contributed by atoms with Crippen molar-refractivity contribution in [2.75, 3.05) is 11.4 Å². The molecule has 2 rings (SSSR count). The fourth-order valence-electron chi connectivity index (χ4n) is 1.80. The standard InChI is InChI=1S/C11H6BrClFNO4/c12-8-6(13)2-5(11(18)19)10(9(8)14)15-3-4(16)1-7(15)17/h2H,1,3H2,(H,18,19). The lowest BCUT2D eigenvalue weighted by Gasteiger charge is -2.19. The van der Waals surface area contributed by atoms with Crippen LogP contribution in [0.4, 0.5) is 10.1 Å². The third-order valence-corrected chi connectivity index (χ3v) is 3.92. The highest BCUT2D eigenvalue weighted by Gasteiger charge is 2.34. The number of carbonyl (C=O) groups is 3. The molecule has 1 aromatic rings. The minimum Gasteiger partial charge on any atom is -0.478 e. The van der Waals surface area contributed by atoms with Gasteiger partial charge in [-0.05, 0) is 22.0 Å². The molecular formula is C11H6BrClFNO4. The highest BCUT2D eigenvalue weighted by Crippen LogP contribution is 2.37. The second kappa shape index (κ2) is 4.90. The van der Waals surface area contributed by atoms with Crippen LogP contribution in [0.1, 0.15) is 16.8 Å². The molecule has 8 heteroatoms. The predicted octanol–water partition coefficient (Wildman–Crippen LogP) is 2.25. The molecule has 0 atom stereocenters. The molecule has 1 heterocycles. The van der Waals surface area contributed by atoms with E-state index in [0.29, 0.717) is 0 Å². The van der Waals surface area contributed by atoms with E-state index in [1.54, 1.807) is 0 Å². The summed E-state index contributed by atoms with van der Waals surface area (Å²) in [4.78, 5) is 34.8. The van der Waals surface area contributed by atoms with Crippen molar-refractivity contribution >= 4 is 50.9 Å². The zero-order chi connectivity index (χ0) is 14.3. The van der Waals surface area contributed by atoms with Crippen molar-refractivity contribution in [3.63, 3.8) is 0 Å². The Kier molecular flexibility index (Phi) is 3.60. The lowest BCUT2D eigenvalue weighted by molar-refractivity contribution is -0.121. The Hall–Kier alpha value is -1.47. The average molecular weight is 351 g/mol. The van der Waals surface area contributed by atoms with Crippen LogP contribution in [-0.4, -0.2) is 29.3 Å². The number of amides is 1. The SMILES string of the molecule is O=C1CC(=O)N(c2c(C(=O)O)cc(Cl)c(Br)c2F)C1. The molecule has 0 radical (unpaired) electrons. The lowest BCUT2D eigenvalue weighted by Crippen LogP contribution is -2.28. The van der Waals surface area contributed by atoms with Crippen molar-refractivity contribution < 1.29 is 23.9 Å². The van der Waals surface area contributed by atoms with E-state index in [9.17, 15) is 18.8 Å². The topological polar surface area (TPSA) is 74.7 Å². The fourth-order valence-corrected chi connectivity index (χ4v) is 2.29. The van der Waals surface area contributed by atoms with Crippen LogP contribution in [0.15, 0.2) is 10.5 Å². The van der Waals surface area contributed by atoms with Crippen LogP contribution >= 0.6 is 27.5 Å². The van der Waals surface area contributed by atoms with Crippen molar-refractivity contribution in [2.45, 2.75) is 6.42 Å². The predicted molar refractivity (Wildman–Crippen MR) is 68.0 cm³/mol. The zero-order valence-electron chi connectivity index (χ0n) is 9.24.